The highest BCUT2D eigenvalue weighted by atomic mass is 28.4. The summed E-state index contributed by atoms with van der Waals surface area (Å²) in [7, 11) is -3.44. The molecule has 0 heterocycles. The lowest BCUT2D eigenvalue weighted by molar-refractivity contribution is -0.134. The van der Waals surface area contributed by atoms with Gasteiger partial charge in [-0.3, -0.25) is 0 Å². The SMILES string of the molecule is COC(=O)/C=C(\C)[C@@H]1C(C)=C[C@@H]2[C@H]([C@@H]1CO[Si](c1ccccc1)(c1ccccc1)C(C)(C)C)[C@@H](C)CC[C@@H]2O[Si](C(C)C)(C(C)C)C(C)C. The molecule has 2 aliphatic carbocycles. The van der Waals surface area contributed by atoms with Crippen LogP contribution in [0.15, 0.2) is 84.0 Å². The minimum absolute atomic E-state index is 0.0852. The van der Waals surface area contributed by atoms with Crippen molar-refractivity contribution in [3.8, 4) is 0 Å². The van der Waals surface area contributed by atoms with E-state index in [1.54, 1.807) is 6.08 Å². The van der Waals surface area contributed by atoms with Gasteiger partial charge in [-0.2, -0.15) is 0 Å². The molecule has 0 spiro atoms. The van der Waals surface area contributed by atoms with E-state index in [1.807, 2.05) is 0 Å². The molecule has 6 heteroatoms. The maximum Gasteiger partial charge on any atom is 0.330 e. The van der Waals surface area contributed by atoms with Gasteiger partial charge in [-0.05, 0) is 76.5 Å². The predicted molar refractivity (Wildman–Crippen MR) is 211 cm³/mol. The number of hydrogen-bond donors (Lipinski definition) is 0. The van der Waals surface area contributed by atoms with Gasteiger partial charge in [0, 0.05) is 24.5 Å². The molecule has 4 rings (SSSR count). The van der Waals surface area contributed by atoms with Crippen molar-refractivity contribution in [1.82, 2.24) is 0 Å². The summed E-state index contributed by atoms with van der Waals surface area (Å²) in [5.41, 5.74) is 3.98. The standard InChI is InChI=1S/C43H66O4Si2/c1-29(2)48(30(3)4,31(5)6)47-39-25-24-32(7)42-37(39)26-33(8)41(34(9)27-40(44)45-13)38(42)28-46-49(43(10,11)12,35-20-16-14-17-21-35)36-22-18-15-19-23-36/h14-23,26-27,29-32,37-39,41-42H,24-25,28H2,1-13H3/b34-27+/t32-,37-,38+,39-,41-,42+/m0/s1. The van der Waals surface area contributed by atoms with Gasteiger partial charge in [0.1, 0.15) is 0 Å². The van der Waals surface area contributed by atoms with E-state index in [0.717, 1.165) is 18.4 Å². The number of allylic oxidation sites excluding steroid dienone is 2. The molecule has 270 valence electrons. The van der Waals surface area contributed by atoms with Crippen molar-refractivity contribution in [1.29, 1.82) is 0 Å². The molecule has 0 radical (unpaired) electrons. The van der Waals surface area contributed by atoms with E-state index >= 15 is 0 Å². The predicted octanol–water partition coefficient (Wildman–Crippen LogP) is 10.1. The average molecular weight is 703 g/mol. The van der Waals surface area contributed by atoms with Crippen molar-refractivity contribution in [2.45, 2.75) is 124 Å². The fourth-order valence-electron chi connectivity index (χ4n) is 10.4. The Morgan fingerprint density at radius 3 is 1.84 bits per heavy atom. The van der Waals surface area contributed by atoms with Gasteiger partial charge in [0.25, 0.3) is 8.32 Å². The molecule has 0 amide bonds. The third kappa shape index (κ3) is 7.68. The largest absolute Gasteiger partial charge is 0.466 e. The molecule has 0 saturated heterocycles. The van der Waals surface area contributed by atoms with Crippen molar-refractivity contribution >= 4 is 33.0 Å². The van der Waals surface area contributed by atoms with E-state index in [0.29, 0.717) is 41.0 Å². The zero-order valence-corrected chi connectivity index (χ0v) is 34.9. The minimum atomic E-state index is -2.79. The molecular formula is C43H66O4Si2. The zero-order valence-electron chi connectivity index (χ0n) is 32.9. The molecule has 2 aromatic rings. The highest BCUT2D eigenvalue weighted by molar-refractivity contribution is 6.99. The summed E-state index contributed by atoms with van der Waals surface area (Å²) in [5.74, 6) is 1.16. The smallest absolute Gasteiger partial charge is 0.330 e. The van der Waals surface area contributed by atoms with Crippen LogP contribution in [-0.4, -0.2) is 42.4 Å². The number of carbonyl (C=O) groups is 1. The number of esters is 1. The van der Waals surface area contributed by atoms with E-state index in [2.05, 4.69) is 150 Å². The highest BCUT2D eigenvalue weighted by Gasteiger charge is 2.55. The molecule has 4 nitrogen and oxygen atoms in total. The lowest BCUT2D eigenvalue weighted by Gasteiger charge is -2.54. The molecular weight excluding hydrogens is 637 g/mol. The van der Waals surface area contributed by atoms with Crippen molar-refractivity contribution < 1.29 is 18.4 Å². The molecule has 1 fully saturated rings. The van der Waals surface area contributed by atoms with Crippen LogP contribution in [0.5, 0.6) is 0 Å². The van der Waals surface area contributed by atoms with Crippen LogP contribution in [-0.2, 0) is 18.4 Å². The summed E-state index contributed by atoms with van der Waals surface area (Å²) in [6.45, 7) is 28.9. The van der Waals surface area contributed by atoms with Crippen molar-refractivity contribution in [2.24, 2.45) is 29.6 Å². The van der Waals surface area contributed by atoms with E-state index in [4.69, 9.17) is 13.6 Å². The number of carbonyl (C=O) groups excluding carboxylic acids is 1. The Bertz CT molecular complexity index is 1380. The average Bonchev–Trinajstić information content (AvgIpc) is 3.04. The Hall–Kier alpha value is -2.26. The maximum atomic E-state index is 12.7. The first-order chi connectivity index (χ1) is 23.0. The molecule has 0 aliphatic heterocycles. The Kier molecular flexibility index (Phi) is 12.9. The Morgan fingerprint density at radius 1 is 0.878 bits per heavy atom. The lowest BCUT2D eigenvalue weighted by Crippen LogP contribution is -2.67. The lowest BCUT2D eigenvalue weighted by atomic mass is 9.57. The molecule has 49 heavy (non-hydrogen) atoms. The van der Waals surface area contributed by atoms with Crippen molar-refractivity contribution in [3.63, 3.8) is 0 Å². The first-order valence-corrected chi connectivity index (χ1v) is 22.9. The van der Waals surface area contributed by atoms with Crippen LogP contribution in [0.2, 0.25) is 21.7 Å². The third-order valence-electron chi connectivity index (χ3n) is 12.3. The molecule has 0 aromatic heterocycles. The van der Waals surface area contributed by atoms with Crippen LogP contribution in [0.4, 0.5) is 0 Å². The van der Waals surface area contributed by atoms with Crippen LogP contribution >= 0.6 is 0 Å². The maximum absolute atomic E-state index is 12.7. The second-order valence-corrected chi connectivity index (χ2v) is 26.8. The number of ether oxygens (including phenoxy) is 1. The van der Waals surface area contributed by atoms with Gasteiger partial charge in [-0.15, -0.1) is 0 Å². The van der Waals surface area contributed by atoms with Gasteiger partial charge < -0.3 is 13.6 Å². The summed E-state index contributed by atoms with van der Waals surface area (Å²) in [4.78, 5) is 12.7. The highest BCUT2D eigenvalue weighted by Crippen LogP contribution is 2.54. The summed E-state index contributed by atoms with van der Waals surface area (Å²) >= 11 is 0. The fourth-order valence-corrected chi connectivity index (χ4v) is 20.6. The quantitative estimate of drug-likeness (QED) is 0.0956. The van der Waals surface area contributed by atoms with Gasteiger partial charge in [-0.1, -0.05) is 147 Å². The molecule has 0 unspecified atom stereocenters. The van der Waals surface area contributed by atoms with Crippen LogP contribution in [0.3, 0.4) is 0 Å². The number of hydrogen-bond acceptors (Lipinski definition) is 4. The minimum Gasteiger partial charge on any atom is -0.466 e. The van der Waals surface area contributed by atoms with E-state index in [-0.39, 0.29) is 28.9 Å². The van der Waals surface area contributed by atoms with Crippen LogP contribution in [0, 0.1) is 29.6 Å². The van der Waals surface area contributed by atoms with Gasteiger partial charge in [0.15, 0.2) is 0 Å². The van der Waals surface area contributed by atoms with Crippen LogP contribution < -0.4 is 10.4 Å². The van der Waals surface area contributed by atoms with Gasteiger partial charge in [-0.25, -0.2) is 4.79 Å². The zero-order chi connectivity index (χ0) is 36.3. The van der Waals surface area contributed by atoms with Crippen molar-refractivity contribution in [3.05, 3.63) is 84.0 Å². The summed E-state index contributed by atoms with van der Waals surface area (Å²) in [6.07, 6.45) is 6.69. The molecule has 0 bridgehead atoms. The molecule has 1 saturated carbocycles. The number of benzene rings is 2. The van der Waals surface area contributed by atoms with Gasteiger partial charge in [0.05, 0.1) is 13.2 Å². The van der Waals surface area contributed by atoms with Gasteiger partial charge >= 0.3 is 5.97 Å². The number of fused-ring (bicyclic) bond motifs is 1. The second-order valence-electron chi connectivity index (χ2n) is 17.1. The Balaban J connectivity index is 1.88. The summed E-state index contributed by atoms with van der Waals surface area (Å²) in [5, 5.41) is 2.47. The normalized spacial score (nSPS) is 25.4. The fraction of sp³-hybridized carbons (Fsp3) is 0.605. The first-order valence-electron chi connectivity index (χ1n) is 18.9. The van der Waals surface area contributed by atoms with E-state index in [9.17, 15) is 4.79 Å². The summed E-state index contributed by atoms with van der Waals surface area (Å²) in [6, 6.07) is 21.9. The topological polar surface area (TPSA) is 44.8 Å². The molecule has 6 atom stereocenters. The number of rotatable bonds is 12. The number of methoxy groups -OCH3 is 1. The Labute approximate surface area is 301 Å². The van der Waals surface area contributed by atoms with Gasteiger partial charge in [0.2, 0.25) is 8.32 Å². The molecule has 2 aromatic carbocycles. The first kappa shape index (κ1) is 39.5. The Morgan fingerprint density at radius 2 is 1.39 bits per heavy atom. The van der Waals surface area contributed by atoms with E-state index < -0.39 is 16.6 Å². The van der Waals surface area contributed by atoms with Crippen LogP contribution in [0.25, 0.3) is 0 Å². The third-order valence-corrected chi connectivity index (χ3v) is 23.4. The molecule has 2 aliphatic rings. The van der Waals surface area contributed by atoms with E-state index in [1.165, 1.54) is 23.1 Å². The monoisotopic (exact) mass is 702 g/mol. The van der Waals surface area contributed by atoms with Crippen LogP contribution in [0.1, 0.15) is 95.9 Å². The molecule has 0 N–H and O–H groups in total. The summed E-state index contributed by atoms with van der Waals surface area (Å²) < 4.78 is 20.6. The second kappa shape index (κ2) is 16.0. The van der Waals surface area contributed by atoms with Crippen molar-refractivity contribution in [2.75, 3.05) is 13.7 Å².